The molecule has 0 spiro atoms. The Hall–Kier alpha value is -1.49. The Labute approximate surface area is 136 Å². The third-order valence-electron chi connectivity index (χ3n) is 4.04. The maximum atomic E-state index is 12.7. The second-order valence-electron chi connectivity index (χ2n) is 5.79. The second-order valence-corrected chi connectivity index (χ2v) is 7.12. The number of rotatable bonds is 6. The first-order chi connectivity index (χ1) is 10.6. The number of amides is 2. The number of primary amides is 1. The molecule has 1 saturated heterocycles. The standard InChI is InChI=1S/C17H24N2O2S/c1-13(22-12-14-7-3-2-4-8-14)17(21)19-10-6-5-9-15(19)11-16(18)20/h2-4,7-8,13,15H,5-6,9-12H2,1H3,(H2,18,20)/t13-,15-/m1/s1. The van der Waals surface area contributed by atoms with Crippen LogP contribution in [0.3, 0.4) is 0 Å². The topological polar surface area (TPSA) is 63.4 Å². The van der Waals surface area contributed by atoms with Gasteiger partial charge in [-0.05, 0) is 31.7 Å². The van der Waals surface area contributed by atoms with Crippen molar-refractivity contribution in [1.82, 2.24) is 4.90 Å². The van der Waals surface area contributed by atoms with Gasteiger partial charge in [0, 0.05) is 24.8 Å². The van der Waals surface area contributed by atoms with E-state index in [2.05, 4.69) is 12.1 Å². The van der Waals surface area contributed by atoms with Crippen LogP contribution in [-0.4, -0.2) is 34.6 Å². The lowest BCUT2D eigenvalue weighted by atomic mass is 9.98. The van der Waals surface area contributed by atoms with Crippen molar-refractivity contribution in [2.75, 3.05) is 6.54 Å². The molecule has 0 aliphatic carbocycles. The Morgan fingerprint density at radius 1 is 1.32 bits per heavy atom. The van der Waals surface area contributed by atoms with Gasteiger partial charge in [-0.3, -0.25) is 9.59 Å². The van der Waals surface area contributed by atoms with Gasteiger partial charge in [-0.15, -0.1) is 11.8 Å². The Morgan fingerprint density at radius 2 is 2.05 bits per heavy atom. The maximum absolute atomic E-state index is 12.7. The van der Waals surface area contributed by atoms with Crippen molar-refractivity contribution < 1.29 is 9.59 Å². The van der Waals surface area contributed by atoms with E-state index in [4.69, 9.17) is 5.73 Å². The third kappa shape index (κ3) is 4.77. The van der Waals surface area contributed by atoms with E-state index in [1.165, 1.54) is 5.56 Å². The van der Waals surface area contributed by atoms with Gasteiger partial charge in [-0.25, -0.2) is 0 Å². The van der Waals surface area contributed by atoms with Crippen molar-refractivity contribution in [1.29, 1.82) is 0 Å². The fourth-order valence-electron chi connectivity index (χ4n) is 2.84. The lowest BCUT2D eigenvalue weighted by molar-refractivity contribution is -0.135. The number of thioether (sulfide) groups is 1. The molecule has 0 unspecified atom stereocenters. The Kier molecular flexibility index (Phi) is 6.31. The molecule has 22 heavy (non-hydrogen) atoms. The van der Waals surface area contributed by atoms with E-state index < -0.39 is 0 Å². The van der Waals surface area contributed by atoms with Gasteiger partial charge in [-0.2, -0.15) is 0 Å². The lowest BCUT2D eigenvalue weighted by Gasteiger charge is -2.36. The van der Waals surface area contributed by atoms with Gasteiger partial charge in [0.1, 0.15) is 0 Å². The molecule has 2 atom stereocenters. The fourth-order valence-corrected chi connectivity index (χ4v) is 3.75. The van der Waals surface area contributed by atoms with Crippen LogP contribution in [-0.2, 0) is 15.3 Å². The number of nitrogens with two attached hydrogens (primary N) is 1. The normalized spacial score (nSPS) is 19.7. The van der Waals surface area contributed by atoms with Gasteiger partial charge in [0.2, 0.25) is 11.8 Å². The van der Waals surface area contributed by atoms with Crippen molar-refractivity contribution >= 4 is 23.6 Å². The number of carbonyl (C=O) groups is 2. The van der Waals surface area contributed by atoms with E-state index in [1.807, 2.05) is 30.0 Å². The average Bonchev–Trinajstić information content (AvgIpc) is 2.53. The molecule has 0 bridgehead atoms. The van der Waals surface area contributed by atoms with E-state index in [0.29, 0.717) is 0 Å². The van der Waals surface area contributed by atoms with Gasteiger partial charge in [0.15, 0.2) is 0 Å². The summed E-state index contributed by atoms with van der Waals surface area (Å²) in [5.41, 5.74) is 6.54. The van der Waals surface area contributed by atoms with Crippen molar-refractivity contribution in [2.24, 2.45) is 5.73 Å². The maximum Gasteiger partial charge on any atom is 0.235 e. The van der Waals surface area contributed by atoms with E-state index in [9.17, 15) is 9.59 Å². The molecule has 1 aromatic rings. The first kappa shape index (κ1) is 16.9. The molecule has 1 aliphatic rings. The van der Waals surface area contributed by atoms with Crippen LogP contribution in [0.25, 0.3) is 0 Å². The highest BCUT2D eigenvalue weighted by Crippen LogP contribution is 2.25. The zero-order valence-electron chi connectivity index (χ0n) is 13.0. The molecule has 2 amide bonds. The SMILES string of the molecule is C[C@@H](SCc1ccccc1)C(=O)N1CCCC[C@@H]1CC(N)=O. The summed E-state index contributed by atoms with van der Waals surface area (Å²) in [4.78, 5) is 25.7. The van der Waals surface area contributed by atoms with Gasteiger partial charge >= 0.3 is 0 Å². The van der Waals surface area contributed by atoms with E-state index in [0.717, 1.165) is 31.6 Å². The molecule has 1 aliphatic heterocycles. The number of hydrogen-bond donors (Lipinski definition) is 1. The van der Waals surface area contributed by atoms with Crippen molar-refractivity contribution in [3.8, 4) is 0 Å². The van der Waals surface area contributed by atoms with Crippen LogP contribution < -0.4 is 5.73 Å². The summed E-state index contributed by atoms with van der Waals surface area (Å²) in [6.07, 6.45) is 3.23. The highest BCUT2D eigenvalue weighted by atomic mass is 32.2. The molecule has 5 heteroatoms. The van der Waals surface area contributed by atoms with Crippen LogP contribution in [0, 0.1) is 0 Å². The number of likely N-dealkylation sites (tertiary alicyclic amines) is 1. The lowest BCUT2D eigenvalue weighted by Crippen LogP contribution is -2.48. The molecule has 2 N–H and O–H groups in total. The summed E-state index contributed by atoms with van der Waals surface area (Å²) in [7, 11) is 0. The van der Waals surface area contributed by atoms with Gasteiger partial charge in [0.25, 0.3) is 0 Å². The predicted octanol–water partition coefficient (Wildman–Crippen LogP) is 2.56. The number of benzene rings is 1. The zero-order valence-corrected chi connectivity index (χ0v) is 13.8. The summed E-state index contributed by atoms with van der Waals surface area (Å²) in [6.45, 7) is 2.69. The third-order valence-corrected chi connectivity index (χ3v) is 5.24. The van der Waals surface area contributed by atoms with Crippen LogP contribution in [0.4, 0.5) is 0 Å². The van der Waals surface area contributed by atoms with Crippen LogP contribution in [0.15, 0.2) is 30.3 Å². The zero-order chi connectivity index (χ0) is 15.9. The largest absolute Gasteiger partial charge is 0.370 e. The number of piperidine rings is 1. The van der Waals surface area contributed by atoms with Gasteiger partial charge in [0.05, 0.1) is 5.25 Å². The molecule has 0 radical (unpaired) electrons. The summed E-state index contributed by atoms with van der Waals surface area (Å²) >= 11 is 1.64. The first-order valence-electron chi connectivity index (χ1n) is 7.82. The van der Waals surface area contributed by atoms with Crippen LogP contribution in [0.2, 0.25) is 0 Å². The molecule has 2 rings (SSSR count). The minimum Gasteiger partial charge on any atom is -0.370 e. The quantitative estimate of drug-likeness (QED) is 0.876. The summed E-state index contributed by atoms with van der Waals surface area (Å²) < 4.78 is 0. The number of carbonyl (C=O) groups excluding carboxylic acids is 2. The Balaban J connectivity index is 1.91. The van der Waals surface area contributed by atoms with Crippen molar-refractivity contribution in [3.63, 3.8) is 0 Å². The molecule has 1 aromatic carbocycles. The molecule has 120 valence electrons. The van der Waals surface area contributed by atoms with E-state index >= 15 is 0 Å². The molecule has 4 nitrogen and oxygen atoms in total. The molecular weight excluding hydrogens is 296 g/mol. The van der Waals surface area contributed by atoms with Crippen LogP contribution in [0.5, 0.6) is 0 Å². The Bertz CT molecular complexity index is 507. The average molecular weight is 320 g/mol. The number of hydrogen-bond acceptors (Lipinski definition) is 3. The Morgan fingerprint density at radius 3 is 2.73 bits per heavy atom. The molecule has 1 fully saturated rings. The molecular formula is C17H24N2O2S. The predicted molar refractivity (Wildman–Crippen MR) is 90.4 cm³/mol. The number of nitrogens with zero attached hydrogens (tertiary/aromatic N) is 1. The highest BCUT2D eigenvalue weighted by molar-refractivity contribution is 7.99. The summed E-state index contributed by atoms with van der Waals surface area (Å²) in [6, 6.07) is 10.1. The van der Waals surface area contributed by atoms with Crippen molar-refractivity contribution in [3.05, 3.63) is 35.9 Å². The van der Waals surface area contributed by atoms with E-state index in [-0.39, 0.29) is 29.5 Å². The van der Waals surface area contributed by atoms with Crippen LogP contribution >= 0.6 is 11.8 Å². The monoisotopic (exact) mass is 320 g/mol. The van der Waals surface area contributed by atoms with Crippen LogP contribution in [0.1, 0.15) is 38.2 Å². The minimum atomic E-state index is -0.325. The van der Waals surface area contributed by atoms with E-state index in [1.54, 1.807) is 11.8 Å². The molecule has 1 heterocycles. The smallest absolute Gasteiger partial charge is 0.235 e. The fraction of sp³-hybridized carbons (Fsp3) is 0.529. The molecule has 0 aromatic heterocycles. The second kappa shape index (κ2) is 8.22. The molecule has 0 saturated carbocycles. The summed E-state index contributed by atoms with van der Waals surface area (Å²) in [5.74, 6) is 0.628. The summed E-state index contributed by atoms with van der Waals surface area (Å²) in [5, 5.41) is -0.103. The first-order valence-corrected chi connectivity index (χ1v) is 8.87. The van der Waals surface area contributed by atoms with Gasteiger partial charge in [-0.1, -0.05) is 30.3 Å². The minimum absolute atomic E-state index is 0.0153. The van der Waals surface area contributed by atoms with Gasteiger partial charge < -0.3 is 10.6 Å². The highest BCUT2D eigenvalue weighted by Gasteiger charge is 2.30. The van der Waals surface area contributed by atoms with Crippen molar-refractivity contribution in [2.45, 2.75) is 49.7 Å².